The van der Waals surface area contributed by atoms with Crippen molar-refractivity contribution in [2.24, 2.45) is 0 Å². The molecule has 0 amide bonds. The Morgan fingerprint density at radius 2 is 2.11 bits per heavy atom. The molecule has 2 N–H and O–H groups in total. The van der Waals surface area contributed by atoms with Crippen LogP contribution in [0.4, 0.5) is 5.69 Å². The Morgan fingerprint density at radius 3 is 2.58 bits per heavy atom. The van der Waals surface area contributed by atoms with Crippen LogP contribution >= 0.6 is 11.6 Å². The van der Waals surface area contributed by atoms with Gasteiger partial charge in [0.25, 0.3) is 0 Å². The third-order valence-corrected chi connectivity index (χ3v) is 5.06. The molecule has 1 rings (SSSR count). The van der Waals surface area contributed by atoms with Crippen molar-refractivity contribution in [2.75, 3.05) is 18.8 Å². The van der Waals surface area contributed by atoms with Gasteiger partial charge in [0.1, 0.15) is 0 Å². The highest BCUT2D eigenvalue weighted by Crippen LogP contribution is 2.28. The topological polar surface area (TPSA) is 63.4 Å². The van der Waals surface area contributed by atoms with E-state index in [9.17, 15) is 8.42 Å². The minimum atomic E-state index is -3.56. The zero-order valence-electron chi connectivity index (χ0n) is 11.2. The lowest BCUT2D eigenvalue weighted by Crippen LogP contribution is -2.32. The maximum absolute atomic E-state index is 12.5. The first-order valence-corrected chi connectivity index (χ1v) is 7.83. The quantitative estimate of drug-likeness (QED) is 0.649. The lowest BCUT2D eigenvalue weighted by atomic mass is 10.2. The van der Waals surface area contributed by atoms with Crippen molar-refractivity contribution in [3.05, 3.63) is 35.4 Å². The van der Waals surface area contributed by atoms with Gasteiger partial charge in [0.2, 0.25) is 10.0 Å². The molecule has 19 heavy (non-hydrogen) atoms. The van der Waals surface area contributed by atoms with E-state index < -0.39 is 10.0 Å². The molecule has 0 saturated heterocycles. The van der Waals surface area contributed by atoms with Crippen LogP contribution in [0.25, 0.3) is 0 Å². The second kappa shape index (κ2) is 6.41. The minimum Gasteiger partial charge on any atom is -0.397 e. The summed E-state index contributed by atoms with van der Waals surface area (Å²) in [7, 11) is -3.56. The van der Waals surface area contributed by atoms with Crippen LogP contribution in [0.15, 0.2) is 29.7 Å². The van der Waals surface area contributed by atoms with Crippen molar-refractivity contribution in [1.29, 1.82) is 0 Å². The van der Waals surface area contributed by atoms with E-state index in [1.165, 1.54) is 10.4 Å². The Hall–Kier alpha value is -1.04. The Morgan fingerprint density at radius 1 is 1.47 bits per heavy atom. The zero-order valence-corrected chi connectivity index (χ0v) is 12.8. The molecule has 6 heteroatoms. The number of sulfonamides is 1. The zero-order chi connectivity index (χ0) is 14.6. The summed E-state index contributed by atoms with van der Waals surface area (Å²) in [6.45, 7) is 7.96. The Balaban J connectivity index is 3.28. The summed E-state index contributed by atoms with van der Waals surface area (Å²) in [5, 5.41) is 0.393. The third kappa shape index (κ3) is 3.49. The summed E-state index contributed by atoms with van der Waals surface area (Å²) in [5.74, 6) is 0. The molecule has 0 heterocycles. The number of rotatable bonds is 6. The summed E-state index contributed by atoms with van der Waals surface area (Å²) >= 11 is 5.95. The van der Waals surface area contributed by atoms with Crippen molar-refractivity contribution in [3.63, 3.8) is 0 Å². The van der Waals surface area contributed by atoms with Gasteiger partial charge in [-0.1, -0.05) is 24.6 Å². The highest BCUT2D eigenvalue weighted by Gasteiger charge is 2.24. The molecule has 0 aromatic heterocycles. The number of benzene rings is 1. The van der Waals surface area contributed by atoms with Gasteiger partial charge in [-0.15, -0.1) is 6.58 Å². The highest BCUT2D eigenvalue weighted by molar-refractivity contribution is 7.89. The van der Waals surface area contributed by atoms with Gasteiger partial charge < -0.3 is 5.73 Å². The average molecular weight is 303 g/mol. The summed E-state index contributed by atoms with van der Waals surface area (Å²) in [5.41, 5.74) is 6.65. The lowest BCUT2D eigenvalue weighted by molar-refractivity contribution is 0.441. The molecule has 106 valence electrons. The number of nitrogen functional groups attached to an aromatic ring is 1. The van der Waals surface area contributed by atoms with Crippen LogP contribution in [-0.4, -0.2) is 25.8 Å². The van der Waals surface area contributed by atoms with E-state index in [4.69, 9.17) is 17.3 Å². The van der Waals surface area contributed by atoms with Crippen LogP contribution in [-0.2, 0) is 10.0 Å². The number of hydrogen-bond donors (Lipinski definition) is 1. The molecule has 0 aliphatic rings. The molecular weight excluding hydrogens is 284 g/mol. The second-order valence-corrected chi connectivity index (χ2v) is 6.61. The number of nitrogens with two attached hydrogens (primary N) is 1. The number of anilines is 1. The molecule has 0 aliphatic carbocycles. The van der Waals surface area contributed by atoms with E-state index in [0.29, 0.717) is 17.1 Å². The summed E-state index contributed by atoms with van der Waals surface area (Å²) < 4.78 is 26.4. The molecule has 1 aromatic carbocycles. The van der Waals surface area contributed by atoms with E-state index in [1.54, 1.807) is 19.1 Å². The first-order valence-electron chi connectivity index (χ1n) is 6.01. The van der Waals surface area contributed by atoms with Gasteiger partial charge >= 0.3 is 0 Å². The van der Waals surface area contributed by atoms with Crippen LogP contribution in [0.1, 0.15) is 18.9 Å². The van der Waals surface area contributed by atoms with Gasteiger partial charge in [-0.2, -0.15) is 4.31 Å². The Kier molecular flexibility index (Phi) is 5.40. The van der Waals surface area contributed by atoms with Crippen LogP contribution in [0.2, 0.25) is 5.02 Å². The smallest absolute Gasteiger partial charge is 0.243 e. The number of hydrogen-bond acceptors (Lipinski definition) is 3. The third-order valence-electron chi connectivity index (χ3n) is 2.70. The Bertz CT molecular complexity index is 547. The molecule has 0 saturated carbocycles. The maximum atomic E-state index is 12.5. The molecule has 4 nitrogen and oxygen atoms in total. The normalized spacial score (nSPS) is 11.8. The van der Waals surface area contributed by atoms with Crippen LogP contribution in [0, 0.1) is 6.92 Å². The number of aryl methyl sites for hydroxylation is 1. The average Bonchev–Trinajstić information content (AvgIpc) is 2.35. The summed E-state index contributed by atoms with van der Waals surface area (Å²) in [6.07, 6.45) is 2.30. The van der Waals surface area contributed by atoms with Gasteiger partial charge in [-0.25, -0.2) is 8.42 Å². The first-order chi connectivity index (χ1) is 8.84. The molecule has 1 aromatic rings. The molecule has 0 aliphatic heterocycles. The van der Waals surface area contributed by atoms with E-state index in [1.807, 2.05) is 6.92 Å². The van der Waals surface area contributed by atoms with Crippen LogP contribution in [0.5, 0.6) is 0 Å². The summed E-state index contributed by atoms with van der Waals surface area (Å²) in [6, 6.07) is 2.94. The largest absolute Gasteiger partial charge is 0.397 e. The first kappa shape index (κ1) is 16.0. The summed E-state index contributed by atoms with van der Waals surface area (Å²) in [4.78, 5) is 0.169. The van der Waals surface area contributed by atoms with E-state index >= 15 is 0 Å². The molecule has 0 unspecified atom stereocenters. The van der Waals surface area contributed by atoms with Gasteiger partial charge in [0.05, 0.1) is 15.6 Å². The fourth-order valence-electron chi connectivity index (χ4n) is 1.76. The maximum Gasteiger partial charge on any atom is 0.243 e. The van der Waals surface area contributed by atoms with Crippen LogP contribution in [0.3, 0.4) is 0 Å². The van der Waals surface area contributed by atoms with Crippen molar-refractivity contribution >= 4 is 27.3 Å². The fraction of sp³-hybridized carbons (Fsp3) is 0.385. The van der Waals surface area contributed by atoms with Crippen molar-refractivity contribution in [2.45, 2.75) is 25.2 Å². The van der Waals surface area contributed by atoms with E-state index in [0.717, 1.165) is 6.42 Å². The molecule has 0 bridgehead atoms. The SMILES string of the molecule is C=CCN(CCC)S(=O)(=O)c1cc(C)c(Cl)c(N)c1. The van der Waals surface area contributed by atoms with Crippen LogP contribution < -0.4 is 5.73 Å². The Labute approximate surface area is 119 Å². The molecule has 0 atom stereocenters. The van der Waals surface area contributed by atoms with Crippen molar-refractivity contribution in [3.8, 4) is 0 Å². The van der Waals surface area contributed by atoms with Gasteiger partial charge in [0.15, 0.2) is 0 Å². The predicted molar refractivity (Wildman–Crippen MR) is 79.8 cm³/mol. The van der Waals surface area contributed by atoms with E-state index in [-0.39, 0.29) is 17.1 Å². The fourth-order valence-corrected chi connectivity index (χ4v) is 3.50. The molecular formula is C13H19ClN2O2S. The standard InChI is InChI=1S/C13H19ClN2O2S/c1-4-6-16(7-5-2)19(17,18)11-8-10(3)13(14)12(15)9-11/h4,8-9H,1,5-7,15H2,2-3H3. The van der Waals surface area contributed by atoms with E-state index in [2.05, 4.69) is 6.58 Å². The molecule has 0 radical (unpaired) electrons. The predicted octanol–water partition coefficient (Wildman–Crippen LogP) is 2.82. The number of halogens is 1. The number of nitrogens with zero attached hydrogens (tertiary/aromatic N) is 1. The van der Waals surface area contributed by atoms with Gasteiger partial charge in [-0.3, -0.25) is 0 Å². The van der Waals surface area contributed by atoms with Crippen molar-refractivity contribution in [1.82, 2.24) is 4.31 Å². The highest BCUT2D eigenvalue weighted by atomic mass is 35.5. The van der Waals surface area contributed by atoms with Gasteiger partial charge in [-0.05, 0) is 31.0 Å². The minimum absolute atomic E-state index is 0.169. The molecule has 0 spiro atoms. The second-order valence-electron chi connectivity index (χ2n) is 4.30. The monoisotopic (exact) mass is 302 g/mol. The molecule has 0 fully saturated rings. The van der Waals surface area contributed by atoms with Gasteiger partial charge in [0, 0.05) is 13.1 Å². The van der Waals surface area contributed by atoms with Crippen molar-refractivity contribution < 1.29 is 8.42 Å². The lowest BCUT2D eigenvalue weighted by Gasteiger charge is -2.20.